The molecule has 4 rings (SSSR count). The molecule has 0 radical (unpaired) electrons. The molecule has 2 heterocycles. The number of para-hydroxylation sites is 2. The first kappa shape index (κ1) is 19.2. The molecule has 0 fully saturated rings. The number of aromatic nitrogens is 4. The second-order valence-electron chi connectivity index (χ2n) is 6.92. The van der Waals surface area contributed by atoms with E-state index in [-0.39, 0.29) is 23.8 Å². The largest absolute Gasteiger partial charge is 0.508 e. The molecular formula is C21H19N5O4. The van der Waals surface area contributed by atoms with Crippen LogP contribution in [0.3, 0.4) is 0 Å². The Balaban J connectivity index is 1.60. The number of H-pyrrole nitrogens is 3. The molecule has 30 heavy (non-hydrogen) atoms. The summed E-state index contributed by atoms with van der Waals surface area (Å²) < 4.78 is 0. The number of amides is 1. The number of imidazole rings is 1. The fourth-order valence-corrected chi connectivity index (χ4v) is 3.25. The van der Waals surface area contributed by atoms with E-state index in [2.05, 4.69) is 25.3 Å². The zero-order valence-electron chi connectivity index (χ0n) is 15.8. The first-order chi connectivity index (χ1) is 14.5. The average molecular weight is 405 g/mol. The minimum atomic E-state index is -0.664. The molecule has 9 nitrogen and oxygen atoms in total. The summed E-state index contributed by atoms with van der Waals surface area (Å²) in [5.74, 6) is 0.360. The number of carbonyl (C=O) groups excluding carboxylic acids is 1. The van der Waals surface area contributed by atoms with Crippen LogP contribution in [0.2, 0.25) is 0 Å². The second kappa shape index (κ2) is 8.08. The molecule has 1 atom stereocenters. The minimum absolute atomic E-state index is 0.154. The smallest absolute Gasteiger partial charge is 0.325 e. The van der Waals surface area contributed by atoms with Gasteiger partial charge in [-0.2, -0.15) is 0 Å². The maximum absolute atomic E-state index is 12.7. The van der Waals surface area contributed by atoms with Crippen LogP contribution < -0.4 is 16.6 Å². The van der Waals surface area contributed by atoms with Gasteiger partial charge in [0.25, 0.3) is 5.56 Å². The van der Waals surface area contributed by atoms with Gasteiger partial charge >= 0.3 is 5.69 Å². The van der Waals surface area contributed by atoms with Crippen LogP contribution in [0.1, 0.15) is 23.1 Å². The summed E-state index contributed by atoms with van der Waals surface area (Å²) in [6.07, 6.45) is 0.267. The van der Waals surface area contributed by atoms with Crippen LogP contribution >= 0.6 is 0 Å². The Morgan fingerprint density at radius 2 is 1.80 bits per heavy atom. The van der Waals surface area contributed by atoms with Gasteiger partial charge in [0.15, 0.2) is 0 Å². The predicted octanol–water partition coefficient (Wildman–Crippen LogP) is 1.29. The third-order valence-corrected chi connectivity index (χ3v) is 4.62. The summed E-state index contributed by atoms with van der Waals surface area (Å²) in [7, 11) is 0. The van der Waals surface area contributed by atoms with Crippen LogP contribution in [0.4, 0.5) is 0 Å². The Kier molecular flexibility index (Phi) is 5.17. The van der Waals surface area contributed by atoms with Gasteiger partial charge in [0.1, 0.15) is 11.6 Å². The molecule has 0 saturated heterocycles. The number of phenolic OH excluding ortho intramolecular Hbond substituents is 1. The summed E-state index contributed by atoms with van der Waals surface area (Å²) in [5, 5.41) is 12.4. The fourth-order valence-electron chi connectivity index (χ4n) is 3.25. The van der Waals surface area contributed by atoms with Crippen LogP contribution in [0.25, 0.3) is 11.0 Å². The highest BCUT2D eigenvalue weighted by Crippen LogP contribution is 2.21. The lowest BCUT2D eigenvalue weighted by Crippen LogP contribution is -2.33. The quantitative estimate of drug-likeness (QED) is 0.328. The molecule has 0 aliphatic carbocycles. The van der Waals surface area contributed by atoms with Gasteiger partial charge in [-0.05, 0) is 36.2 Å². The van der Waals surface area contributed by atoms with Gasteiger partial charge in [-0.3, -0.25) is 14.6 Å². The Hall–Kier alpha value is -4.14. The summed E-state index contributed by atoms with van der Waals surface area (Å²) in [4.78, 5) is 47.9. The first-order valence-electron chi connectivity index (χ1n) is 9.31. The van der Waals surface area contributed by atoms with E-state index >= 15 is 0 Å². The topological polar surface area (TPSA) is 144 Å². The zero-order chi connectivity index (χ0) is 21.1. The van der Waals surface area contributed by atoms with E-state index in [1.807, 2.05) is 24.3 Å². The number of phenols is 1. The van der Waals surface area contributed by atoms with E-state index in [9.17, 15) is 19.5 Å². The standard InChI is InChI=1S/C21H19N5O4/c27-14-7-5-12(6-8-14)9-17(20-24-15-3-1-2-4-16(15)25-20)23-18(28)10-13-11-19(29)26-21(30)22-13/h1-8,11,17,27H,9-10H2,(H,23,28)(H,24,25)(H2,22,26,29,30). The summed E-state index contributed by atoms with van der Waals surface area (Å²) in [6.45, 7) is 0. The van der Waals surface area contributed by atoms with Crippen molar-refractivity contribution in [1.82, 2.24) is 25.3 Å². The van der Waals surface area contributed by atoms with E-state index < -0.39 is 17.3 Å². The Bertz CT molecular complexity index is 1240. The van der Waals surface area contributed by atoms with Crippen LogP contribution in [-0.2, 0) is 17.6 Å². The van der Waals surface area contributed by atoms with Crippen molar-refractivity contribution in [3.8, 4) is 5.75 Å². The third kappa shape index (κ3) is 4.46. The normalized spacial score (nSPS) is 12.0. The predicted molar refractivity (Wildman–Crippen MR) is 110 cm³/mol. The van der Waals surface area contributed by atoms with Gasteiger partial charge in [-0.25, -0.2) is 9.78 Å². The van der Waals surface area contributed by atoms with Gasteiger partial charge in [0.05, 0.1) is 23.5 Å². The third-order valence-electron chi connectivity index (χ3n) is 4.62. The lowest BCUT2D eigenvalue weighted by Gasteiger charge is -2.17. The zero-order valence-corrected chi connectivity index (χ0v) is 15.8. The molecule has 2 aromatic carbocycles. The number of hydrogen-bond donors (Lipinski definition) is 5. The van der Waals surface area contributed by atoms with Gasteiger partial charge in [0, 0.05) is 11.8 Å². The van der Waals surface area contributed by atoms with E-state index in [0.717, 1.165) is 16.6 Å². The molecule has 1 amide bonds. The monoisotopic (exact) mass is 405 g/mol. The number of rotatable bonds is 6. The number of benzene rings is 2. The molecule has 0 bridgehead atoms. The number of nitrogens with zero attached hydrogens (tertiary/aromatic N) is 1. The number of carbonyl (C=O) groups is 1. The van der Waals surface area contributed by atoms with Crippen molar-refractivity contribution in [2.24, 2.45) is 0 Å². The van der Waals surface area contributed by atoms with Crippen LogP contribution in [0.15, 0.2) is 64.2 Å². The molecule has 2 aromatic heterocycles. The summed E-state index contributed by atoms with van der Waals surface area (Å²) in [5.41, 5.74) is 1.49. The van der Waals surface area contributed by atoms with Crippen molar-refractivity contribution in [2.45, 2.75) is 18.9 Å². The summed E-state index contributed by atoms with van der Waals surface area (Å²) in [6, 6.07) is 14.9. The lowest BCUT2D eigenvalue weighted by atomic mass is 10.0. The molecule has 0 aliphatic rings. The van der Waals surface area contributed by atoms with Crippen molar-refractivity contribution < 1.29 is 9.90 Å². The molecule has 9 heteroatoms. The van der Waals surface area contributed by atoms with Gasteiger partial charge < -0.3 is 20.4 Å². The molecule has 0 spiro atoms. The molecule has 5 N–H and O–H groups in total. The van der Waals surface area contributed by atoms with Crippen LogP contribution in [-0.4, -0.2) is 30.9 Å². The maximum atomic E-state index is 12.7. The number of aromatic hydroxyl groups is 1. The number of hydrogen-bond acceptors (Lipinski definition) is 5. The Morgan fingerprint density at radius 3 is 2.53 bits per heavy atom. The number of aromatic amines is 3. The van der Waals surface area contributed by atoms with E-state index in [1.54, 1.807) is 24.3 Å². The highest BCUT2D eigenvalue weighted by atomic mass is 16.3. The highest BCUT2D eigenvalue weighted by Gasteiger charge is 2.20. The molecule has 152 valence electrons. The van der Waals surface area contributed by atoms with Crippen LogP contribution in [0.5, 0.6) is 5.75 Å². The maximum Gasteiger partial charge on any atom is 0.325 e. The van der Waals surface area contributed by atoms with Crippen molar-refractivity contribution in [3.05, 3.63) is 92.5 Å². The second-order valence-corrected chi connectivity index (χ2v) is 6.92. The Labute approximate surface area is 169 Å². The first-order valence-corrected chi connectivity index (χ1v) is 9.31. The molecule has 1 unspecified atom stereocenters. The Morgan fingerprint density at radius 1 is 1.03 bits per heavy atom. The van der Waals surface area contributed by atoms with E-state index in [1.165, 1.54) is 6.07 Å². The van der Waals surface area contributed by atoms with Crippen LogP contribution in [0, 0.1) is 0 Å². The fraction of sp³-hybridized carbons (Fsp3) is 0.143. The van der Waals surface area contributed by atoms with Gasteiger partial charge in [-0.1, -0.05) is 24.3 Å². The molecule has 0 saturated carbocycles. The van der Waals surface area contributed by atoms with Gasteiger partial charge in [-0.15, -0.1) is 0 Å². The van der Waals surface area contributed by atoms with Crippen molar-refractivity contribution >= 4 is 16.9 Å². The molecule has 4 aromatic rings. The number of fused-ring (bicyclic) bond motifs is 1. The average Bonchev–Trinajstić information content (AvgIpc) is 3.12. The SMILES string of the molecule is O=C(Cc1cc(=O)[nH]c(=O)[nH]1)NC(Cc1ccc(O)cc1)c1nc2ccccc2[nH]1. The molecular weight excluding hydrogens is 386 g/mol. The number of nitrogens with one attached hydrogen (secondary N) is 4. The van der Waals surface area contributed by atoms with Crippen molar-refractivity contribution in [1.29, 1.82) is 0 Å². The lowest BCUT2D eigenvalue weighted by molar-refractivity contribution is -0.121. The molecule has 0 aliphatic heterocycles. The van der Waals surface area contributed by atoms with Crippen molar-refractivity contribution in [3.63, 3.8) is 0 Å². The highest BCUT2D eigenvalue weighted by molar-refractivity contribution is 5.79. The summed E-state index contributed by atoms with van der Waals surface area (Å²) >= 11 is 0. The van der Waals surface area contributed by atoms with Gasteiger partial charge in [0.2, 0.25) is 5.91 Å². The van der Waals surface area contributed by atoms with Crippen molar-refractivity contribution in [2.75, 3.05) is 0 Å². The van der Waals surface area contributed by atoms with E-state index in [4.69, 9.17) is 0 Å². The van der Waals surface area contributed by atoms with E-state index in [0.29, 0.717) is 12.2 Å². The minimum Gasteiger partial charge on any atom is -0.508 e.